The summed E-state index contributed by atoms with van der Waals surface area (Å²) in [5, 5.41) is 13.8. The van der Waals surface area contributed by atoms with Crippen molar-refractivity contribution in [3.63, 3.8) is 0 Å². The molecule has 10 heavy (non-hydrogen) atoms. The maximum Gasteiger partial charge on any atom is 0.166 e. The molecule has 0 aromatic heterocycles. The van der Waals surface area contributed by atoms with E-state index in [0.29, 0.717) is 0 Å². The zero-order chi connectivity index (χ0) is 7.56. The zero-order valence-corrected chi connectivity index (χ0v) is 5.05. The summed E-state index contributed by atoms with van der Waals surface area (Å²) in [6, 6.07) is 0. The number of nitrogens with one attached hydrogen (secondary N) is 2. The van der Waals surface area contributed by atoms with E-state index in [1.54, 1.807) is 0 Å². The fourth-order valence-electron chi connectivity index (χ4n) is 0.522. The van der Waals surface area contributed by atoms with Crippen LogP contribution >= 0.6 is 0 Å². The summed E-state index contributed by atoms with van der Waals surface area (Å²) in [4.78, 5) is 7.08. The van der Waals surface area contributed by atoms with Gasteiger partial charge in [0.25, 0.3) is 0 Å². The largest absolute Gasteiger partial charge is 0.382 e. The van der Waals surface area contributed by atoms with Gasteiger partial charge in [-0.05, 0) is 5.87 Å². The lowest BCUT2D eigenvalue weighted by molar-refractivity contribution is 1.40. The second kappa shape index (κ2) is 2.24. The summed E-state index contributed by atoms with van der Waals surface area (Å²) in [7, 11) is 0. The van der Waals surface area contributed by atoms with Crippen LogP contribution in [0.25, 0.3) is 0 Å². The van der Waals surface area contributed by atoms with Crippen molar-refractivity contribution >= 4 is 23.9 Å². The number of amidine groups is 2. The van der Waals surface area contributed by atoms with Crippen LogP contribution in [-0.2, 0) is 0 Å². The van der Waals surface area contributed by atoms with Gasteiger partial charge in [0.1, 0.15) is 17.7 Å². The van der Waals surface area contributed by atoms with Crippen molar-refractivity contribution in [1.82, 2.24) is 0 Å². The van der Waals surface area contributed by atoms with Gasteiger partial charge in [0, 0.05) is 0 Å². The molecule has 0 spiro atoms. The standard InChI is InChI=1S/C5H5N5/c6-1-3-4(7)9-2-10-5(3)8/h2,6H,(H3,7,8,9,10). The highest BCUT2D eigenvalue weighted by atomic mass is 15.0. The Hall–Kier alpha value is -1.74. The molecule has 0 radical (unpaired) electrons. The lowest BCUT2D eigenvalue weighted by Gasteiger charge is -2.02. The van der Waals surface area contributed by atoms with E-state index >= 15 is 0 Å². The van der Waals surface area contributed by atoms with E-state index in [9.17, 15) is 0 Å². The van der Waals surface area contributed by atoms with Crippen LogP contribution in [0.2, 0.25) is 0 Å². The van der Waals surface area contributed by atoms with Crippen molar-refractivity contribution in [3.8, 4) is 0 Å². The van der Waals surface area contributed by atoms with Crippen LogP contribution in [0.1, 0.15) is 0 Å². The molecule has 0 aliphatic carbocycles. The molecule has 1 rings (SSSR count). The van der Waals surface area contributed by atoms with Crippen molar-refractivity contribution in [2.45, 2.75) is 0 Å². The highest BCUT2D eigenvalue weighted by molar-refractivity contribution is 6.30. The molecule has 5 heteroatoms. The Balaban J connectivity index is 3.16. The van der Waals surface area contributed by atoms with Crippen LogP contribution in [0.15, 0.2) is 15.6 Å². The Morgan fingerprint density at radius 2 is 2.30 bits per heavy atom. The average molecular weight is 135 g/mol. The SMILES string of the molecule is N=C=C1C(=N)N=CN=C1N. The van der Waals surface area contributed by atoms with E-state index in [0.717, 1.165) is 0 Å². The van der Waals surface area contributed by atoms with Crippen LogP contribution in [0.4, 0.5) is 0 Å². The highest BCUT2D eigenvalue weighted by Gasteiger charge is 2.10. The topological polar surface area (TPSA) is 98.4 Å². The normalized spacial score (nSPS) is 16.6. The molecule has 0 amide bonds. The van der Waals surface area contributed by atoms with E-state index in [1.807, 2.05) is 5.87 Å². The summed E-state index contributed by atoms with van der Waals surface area (Å²) in [5.41, 5.74) is 5.42. The zero-order valence-electron chi connectivity index (χ0n) is 5.05. The minimum atomic E-state index is -0.0671. The third-order valence-electron chi connectivity index (χ3n) is 1.00. The number of hydrogen-bond acceptors (Lipinski definition) is 4. The average Bonchev–Trinajstić information content (AvgIpc) is 1.88. The van der Waals surface area contributed by atoms with Gasteiger partial charge in [0.05, 0.1) is 0 Å². The van der Waals surface area contributed by atoms with Gasteiger partial charge in [0.15, 0.2) is 5.84 Å². The molecule has 1 aliphatic rings. The van der Waals surface area contributed by atoms with Gasteiger partial charge in [-0.25, -0.2) is 9.98 Å². The molecular weight excluding hydrogens is 130 g/mol. The monoisotopic (exact) mass is 135 g/mol. The van der Waals surface area contributed by atoms with Crippen molar-refractivity contribution < 1.29 is 0 Å². The number of nitrogens with two attached hydrogens (primary N) is 1. The molecule has 0 aromatic rings. The van der Waals surface area contributed by atoms with Crippen LogP contribution < -0.4 is 5.73 Å². The molecule has 0 bridgehead atoms. The minimum Gasteiger partial charge on any atom is -0.382 e. The Kier molecular flexibility index (Phi) is 1.43. The van der Waals surface area contributed by atoms with E-state index in [4.69, 9.17) is 16.6 Å². The molecule has 0 saturated carbocycles. The first-order valence-corrected chi connectivity index (χ1v) is 2.50. The molecule has 1 heterocycles. The maximum absolute atomic E-state index is 7.10. The number of aliphatic imine (C=N–C) groups is 2. The van der Waals surface area contributed by atoms with E-state index in [1.165, 1.54) is 6.34 Å². The minimum absolute atomic E-state index is 0.0671. The number of rotatable bonds is 0. The van der Waals surface area contributed by atoms with Crippen molar-refractivity contribution in [2.24, 2.45) is 15.7 Å². The van der Waals surface area contributed by atoms with Gasteiger partial charge in [-0.1, -0.05) is 0 Å². The van der Waals surface area contributed by atoms with E-state index in [-0.39, 0.29) is 17.2 Å². The molecule has 0 atom stereocenters. The van der Waals surface area contributed by atoms with Crippen molar-refractivity contribution in [3.05, 3.63) is 5.57 Å². The fraction of sp³-hybridized carbons (Fsp3) is 0. The van der Waals surface area contributed by atoms with Crippen LogP contribution in [-0.4, -0.2) is 23.9 Å². The van der Waals surface area contributed by atoms with E-state index < -0.39 is 0 Å². The summed E-state index contributed by atoms with van der Waals surface area (Å²) >= 11 is 0. The van der Waals surface area contributed by atoms with Crippen LogP contribution in [0, 0.1) is 10.8 Å². The van der Waals surface area contributed by atoms with Gasteiger partial charge in [0.2, 0.25) is 0 Å². The van der Waals surface area contributed by atoms with Gasteiger partial charge in [-0.15, -0.1) is 0 Å². The highest BCUT2D eigenvalue weighted by Crippen LogP contribution is 1.97. The van der Waals surface area contributed by atoms with Crippen LogP contribution in [0.3, 0.4) is 0 Å². The van der Waals surface area contributed by atoms with Gasteiger partial charge < -0.3 is 5.73 Å². The van der Waals surface area contributed by atoms with Gasteiger partial charge >= 0.3 is 0 Å². The lowest BCUT2D eigenvalue weighted by atomic mass is 10.2. The Morgan fingerprint density at radius 3 is 2.70 bits per heavy atom. The second-order valence-electron chi connectivity index (χ2n) is 1.61. The summed E-state index contributed by atoms with van der Waals surface area (Å²) < 4.78 is 0. The summed E-state index contributed by atoms with van der Waals surface area (Å²) in [5.74, 6) is 2.03. The molecule has 5 nitrogen and oxygen atoms in total. The first-order valence-electron chi connectivity index (χ1n) is 2.50. The predicted octanol–water partition coefficient (Wildman–Crippen LogP) is -0.462. The first-order chi connectivity index (χ1) is 4.75. The molecule has 4 N–H and O–H groups in total. The number of hydrogen-bond donors (Lipinski definition) is 3. The molecule has 1 aliphatic heterocycles. The number of nitrogens with zero attached hydrogens (tertiary/aromatic N) is 2. The third-order valence-corrected chi connectivity index (χ3v) is 1.00. The second-order valence-corrected chi connectivity index (χ2v) is 1.61. The third kappa shape index (κ3) is 0.852. The fourth-order valence-corrected chi connectivity index (χ4v) is 0.522. The molecule has 50 valence electrons. The molecule has 0 unspecified atom stereocenters. The molecule has 0 saturated heterocycles. The molecule has 0 fully saturated rings. The quantitative estimate of drug-likeness (QED) is 0.385. The van der Waals surface area contributed by atoms with Crippen molar-refractivity contribution in [1.29, 1.82) is 10.8 Å². The van der Waals surface area contributed by atoms with Gasteiger partial charge in [-0.3, -0.25) is 10.8 Å². The summed E-state index contributed by atoms with van der Waals surface area (Å²) in [6.07, 6.45) is 1.18. The summed E-state index contributed by atoms with van der Waals surface area (Å²) in [6.45, 7) is 0. The van der Waals surface area contributed by atoms with Crippen LogP contribution in [0.5, 0.6) is 0 Å². The Morgan fingerprint density at radius 1 is 1.60 bits per heavy atom. The van der Waals surface area contributed by atoms with E-state index in [2.05, 4.69) is 9.98 Å². The maximum atomic E-state index is 7.10. The lowest BCUT2D eigenvalue weighted by Crippen LogP contribution is -2.23. The molecule has 0 aromatic carbocycles. The smallest absolute Gasteiger partial charge is 0.166 e. The van der Waals surface area contributed by atoms with Crippen molar-refractivity contribution in [2.75, 3.05) is 0 Å². The Bertz CT molecular complexity index is 278. The predicted molar refractivity (Wildman–Crippen MR) is 39.1 cm³/mol. The van der Waals surface area contributed by atoms with Gasteiger partial charge in [-0.2, -0.15) is 0 Å². The Labute approximate surface area is 57.0 Å². The molecular formula is C5H5N5. The first kappa shape index (κ1) is 6.38.